The largest absolute Gasteiger partial charge is 0.337 e. The summed E-state index contributed by atoms with van der Waals surface area (Å²) in [4.78, 5) is 21.9. The number of carbonyl (C=O) groups is 2. The van der Waals surface area contributed by atoms with Gasteiger partial charge in [0.15, 0.2) is 0 Å². The van der Waals surface area contributed by atoms with Crippen LogP contribution in [0.4, 0.5) is 4.79 Å². The van der Waals surface area contributed by atoms with E-state index in [2.05, 4.69) is 10.6 Å². The highest BCUT2D eigenvalue weighted by molar-refractivity contribution is 6.19. The van der Waals surface area contributed by atoms with E-state index >= 15 is 0 Å². The maximum atomic E-state index is 11.0. The van der Waals surface area contributed by atoms with Gasteiger partial charge in [-0.2, -0.15) is 0 Å². The number of nitrogens with one attached hydrogen (secondary N) is 2. The summed E-state index contributed by atoms with van der Waals surface area (Å²) in [5, 5.41) is 4.70. The van der Waals surface area contributed by atoms with E-state index in [1.165, 1.54) is 0 Å². The van der Waals surface area contributed by atoms with Gasteiger partial charge in [0.05, 0.1) is 0 Å². The molecule has 5 heteroatoms. The zero-order valence-corrected chi connectivity index (χ0v) is 8.93. The van der Waals surface area contributed by atoms with Crippen LogP contribution >= 0.6 is 11.6 Å². The van der Waals surface area contributed by atoms with Gasteiger partial charge in [-0.05, 0) is 13.3 Å². The van der Waals surface area contributed by atoms with Crippen molar-refractivity contribution in [2.45, 2.75) is 19.8 Å². The maximum Gasteiger partial charge on any atom is 0.321 e. The third-order valence-electron chi connectivity index (χ3n) is 1.41. The van der Waals surface area contributed by atoms with Gasteiger partial charge < -0.3 is 5.32 Å². The third-order valence-corrected chi connectivity index (χ3v) is 1.60. The Kier molecular flexibility index (Phi) is 7.93. The topological polar surface area (TPSA) is 58.2 Å². The first-order valence-electron chi connectivity index (χ1n) is 4.45. The number of alkyl halides is 1. The van der Waals surface area contributed by atoms with E-state index in [-0.39, 0.29) is 18.2 Å². The number of rotatable bonds is 5. The summed E-state index contributed by atoms with van der Waals surface area (Å²) in [6.07, 6.45) is 4.75. The van der Waals surface area contributed by atoms with Crippen LogP contribution in [-0.2, 0) is 4.79 Å². The monoisotopic (exact) mass is 218 g/mol. The summed E-state index contributed by atoms with van der Waals surface area (Å²) in [6, 6.07) is -0.468. The van der Waals surface area contributed by atoms with Gasteiger partial charge in [-0.25, -0.2) is 4.79 Å². The second kappa shape index (κ2) is 8.56. The normalized spacial score (nSPS) is 10.1. The van der Waals surface area contributed by atoms with Crippen LogP contribution < -0.4 is 10.6 Å². The van der Waals surface area contributed by atoms with Crippen LogP contribution in [-0.4, -0.2) is 24.4 Å². The fourth-order valence-corrected chi connectivity index (χ4v) is 0.926. The van der Waals surface area contributed by atoms with Crippen molar-refractivity contribution in [1.29, 1.82) is 0 Å². The number of urea groups is 1. The molecule has 0 atom stereocenters. The van der Waals surface area contributed by atoms with E-state index in [4.69, 9.17) is 11.6 Å². The Bertz CT molecular complexity index is 217. The van der Waals surface area contributed by atoms with E-state index in [0.717, 1.165) is 6.42 Å². The number of halogens is 1. The standard InChI is InChI=1S/C9H15ClN2O2/c1-2-3-4-7-11-9(14)12-8(13)5-6-10/h2-3H,4-7H2,1H3,(H2,11,12,13,14)/b3-2+. The molecule has 0 aliphatic carbocycles. The van der Waals surface area contributed by atoms with E-state index in [0.29, 0.717) is 6.54 Å². The van der Waals surface area contributed by atoms with Crippen molar-refractivity contribution in [3.8, 4) is 0 Å². The molecule has 0 aromatic heterocycles. The first-order chi connectivity index (χ1) is 6.70. The average Bonchev–Trinajstić information content (AvgIpc) is 2.13. The van der Waals surface area contributed by atoms with Crippen molar-refractivity contribution < 1.29 is 9.59 Å². The first-order valence-corrected chi connectivity index (χ1v) is 4.99. The Morgan fingerprint density at radius 1 is 1.43 bits per heavy atom. The van der Waals surface area contributed by atoms with Gasteiger partial charge in [0.1, 0.15) is 0 Å². The zero-order valence-electron chi connectivity index (χ0n) is 8.18. The van der Waals surface area contributed by atoms with Crippen molar-refractivity contribution in [3.63, 3.8) is 0 Å². The van der Waals surface area contributed by atoms with Crippen LogP contribution in [0.1, 0.15) is 19.8 Å². The highest BCUT2D eigenvalue weighted by Crippen LogP contribution is 1.84. The second-order valence-electron chi connectivity index (χ2n) is 2.60. The van der Waals surface area contributed by atoms with E-state index in [1.54, 1.807) is 0 Å². The predicted octanol–water partition coefficient (Wildman–Crippen LogP) is 1.41. The van der Waals surface area contributed by atoms with Crippen molar-refractivity contribution in [3.05, 3.63) is 12.2 Å². The summed E-state index contributed by atoms with van der Waals surface area (Å²) < 4.78 is 0. The van der Waals surface area contributed by atoms with Crippen LogP contribution in [0.25, 0.3) is 0 Å². The van der Waals surface area contributed by atoms with E-state index in [9.17, 15) is 9.59 Å². The fourth-order valence-electron chi connectivity index (χ4n) is 0.755. The third kappa shape index (κ3) is 7.61. The molecule has 4 nitrogen and oxygen atoms in total. The molecule has 0 unspecified atom stereocenters. The molecule has 80 valence electrons. The minimum Gasteiger partial charge on any atom is -0.337 e. The molecule has 0 aliphatic heterocycles. The fraction of sp³-hybridized carbons (Fsp3) is 0.556. The number of amides is 3. The Hall–Kier alpha value is -1.03. The Morgan fingerprint density at radius 3 is 2.71 bits per heavy atom. The van der Waals surface area contributed by atoms with Gasteiger partial charge in [0.2, 0.25) is 5.91 Å². The van der Waals surface area contributed by atoms with Gasteiger partial charge in [-0.3, -0.25) is 10.1 Å². The smallest absolute Gasteiger partial charge is 0.321 e. The summed E-state index contributed by atoms with van der Waals surface area (Å²) in [5.74, 6) is -0.138. The minimum atomic E-state index is -0.468. The molecule has 0 rings (SSSR count). The lowest BCUT2D eigenvalue weighted by molar-refractivity contribution is -0.119. The molecule has 0 saturated heterocycles. The summed E-state index contributed by atoms with van der Waals surface area (Å²) in [7, 11) is 0. The molecule has 0 saturated carbocycles. The second-order valence-corrected chi connectivity index (χ2v) is 2.98. The van der Waals surface area contributed by atoms with Crippen molar-refractivity contribution in [2.75, 3.05) is 12.4 Å². The lowest BCUT2D eigenvalue weighted by Gasteiger charge is -2.03. The molecular formula is C9H15ClN2O2. The number of carbonyl (C=O) groups excluding carboxylic acids is 2. The molecule has 14 heavy (non-hydrogen) atoms. The Morgan fingerprint density at radius 2 is 2.14 bits per heavy atom. The van der Waals surface area contributed by atoms with Gasteiger partial charge in [0.25, 0.3) is 0 Å². The summed E-state index contributed by atoms with van der Waals surface area (Å²) >= 11 is 5.32. The number of imide groups is 1. The van der Waals surface area contributed by atoms with Gasteiger partial charge in [-0.1, -0.05) is 12.2 Å². The van der Waals surface area contributed by atoms with Crippen molar-refractivity contribution in [2.24, 2.45) is 0 Å². The quantitative estimate of drug-likeness (QED) is 0.417. The van der Waals surface area contributed by atoms with Crippen molar-refractivity contribution in [1.82, 2.24) is 10.6 Å². The zero-order chi connectivity index (χ0) is 10.8. The van der Waals surface area contributed by atoms with Crippen LogP contribution in [0.2, 0.25) is 0 Å². The van der Waals surface area contributed by atoms with E-state index < -0.39 is 6.03 Å². The Labute approximate surface area is 88.7 Å². The first kappa shape index (κ1) is 13.0. The average molecular weight is 219 g/mol. The summed E-state index contributed by atoms with van der Waals surface area (Å²) in [5.41, 5.74) is 0. The molecule has 3 amide bonds. The van der Waals surface area contributed by atoms with Gasteiger partial charge in [0, 0.05) is 18.8 Å². The van der Waals surface area contributed by atoms with Crippen LogP contribution in [0, 0.1) is 0 Å². The van der Waals surface area contributed by atoms with Crippen molar-refractivity contribution >= 4 is 23.5 Å². The molecule has 0 aliphatic rings. The summed E-state index contributed by atoms with van der Waals surface area (Å²) in [6.45, 7) is 2.42. The van der Waals surface area contributed by atoms with Gasteiger partial charge in [-0.15, -0.1) is 11.6 Å². The molecule has 2 N–H and O–H groups in total. The van der Waals surface area contributed by atoms with Crippen LogP contribution in [0.3, 0.4) is 0 Å². The molecule has 0 heterocycles. The predicted molar refractivity (Wildman–Crippen MR) is 56.3 cm³/mol. The maximum absolute atomic E-state index is 11.0. The highest BCUT2D eigenvalue weighted by atomic mass is 35.5. The van der Waals surface area contributed by atoms with Gasteiger partial charge >= 0.3 is 6.03 Å². The lowest BCUT2D eigenvalue weighted by Crippen LogP contribution is -2.39. The molecule has 0 fully saturated rings. The molecule has 0 bridgehead atoms. The molecule has 0 spiro atoms. The van der Waals surface area contributed by atoms with Crippen LogP contribution in [0.5, 0.6) is 0 Å². The van der Waals surface area contributed by atoms with Crippen LogP contribution in [0.15, 0.2) is 12.2 Å². The molecule has 0 aromatic carbocycles. The number of hydrogen-bond acceptors (Lipinski definition) is 2. The number of allylic oxidation sites excluding steroid dienone is 1. The molecular weight excluding hydrogens is 204 g/mol. The molecule has 0 radical (unpaired) electrons. The Balaban J connectivity index is 3.50. The number of hydrogen-bond donors (Lipinski definition) is 2. The molecule has 0 aromatic rings. The lowest BCUT2D eigenvalue weighted by atomic mass is 10.4. The van der Waals surface area contributed by atoms with E-state index in [1.807, 2.05) is 19.1 Å². The SMILES string of the molecule is C/C=C/CCNC(=O)NC(=O)CCCl. The highest BCUT2D eigenvalue weighted by Gasteiger charge is 2.04. The minimum absolute atomic E-state index is 0.157.